The number of likely N-dealkylation sites (tertiary alicyclic amines) is 2. The van der Waals surface area contributed by atoms with Gasteiger partial charge in [0.1, 0.15) is 5.75 Å². The fourth-order valence-electron chi connectivity index (χ4n) is 5.00. The molecule has 35 heavy (non-hydrogen) atoms. The number of aryl methyl sites for hydroxylation is 1. The lowest BCUT2D eigenvalue weighted by Gasteiger charge is -2.38. The van der Waals surface area contributed by atoms with Gasteiger partial charge in [-0.2, -0.15) is 0 Å². The van der Waals surface area contributed by atoms with Crippen LogP contribution in [0.4, 0.5) is 5.69 Å². The predicted octanol–water partition coefficient (Wildman–Crippen LogP) is 3.99. The molecule has 0 aromatic heterocycles. The number of hydrogen-bond acceptors (Lipinski definition) is 5. The summed E-state index contributed by atoms with van der Waals surface area (Å²) >= 11 is 6.12. The van der Waals surface area contributed by atoms with Crippen LogP contribution >= 0.6 is 11.6 Å². The lowest BCUT2D eigenvalue weighted by atomic mass is 9.94. The number of nitrogens with two attached hydrogens (primary N) is 1. The molecule has 0 bridgehead atoms. The second-order valence-electron chi connectivity index (χ2n) is 9.72. The number of anilines is 1. The van der Waals surface area contributed by atoms with Crippen LogP contribution in [0.1, 0.15) is 52.0 Å². The van der Waals surface area contributed by atoms with Crippen molar-refractivity contribution in [3.8, 4) is 5.75 Å². The lowest BCUT2D eigenvalue weighted by molar-refractivity contribution is 0.0651. The first-order valence-corrected chi connectivity index (χ1v) is 12.7. The third-order valence-corrected chi connectivity index (χ3v) is 7.53. The van der Waals surface area contributed by atoms with Crippen molar-refractivity contribution in [1.82, 2.24) is 15.1 Å². The molecular weight excluding hydrogens is 464 g/mol. The highest BCUT2D eigenvalue weighted by atomic mass is 35.5. The van der Waals surface area contributed by atoms with Gasteiger partial charge in [0.15, 0.2) is 0 Å². The minimum absolute atomic E-state index is 0.119. The molecule has 188 valence electrons. The SMILES string of the molecule is COc1cc(N)c(Cl)cc1C(=O)NC1CCN(CC2CCN(C(=O)c3ccc(C)cc3)CC2)CC1. The first-order chi connectivity index (χ1) is 16.8. The van der Waals surface area contributed by atoms with Gasteiger partial charge in [0.25, 0.3) is 11.8 Å². The molecule has 2 aliphatic heterocycles. The largest absolute Gasteiger partial charge is 0.496 e. The molecule has 0 atom stereocenters. The van der Waals surface area contributed by atoms with Gasteiger partial charge in [0, 0.05) is 50.4 Å². The number of halogens is 1. The van der Waals surface area contributed by atoms with Crippen molar-refractivity contribution >= 4 is 29.1 Å². The summed E-state index contributed by atoms with van der Waals surface area (Å²) < 4.78 is 5.31. The highest BCUT2D eigenvalue weighted by molar-refractivity contribution is 6.33. The molecule has 8 heteroatoms. The van der Waals surface area contributed by atoms with Crippen molar-refractivity contribution in [2.75, 3.05) is 45.6 Å². The minimum Gasteiger partial charge on any atom is -0.496 e. The van der Waals surface area contributed by atoms with Gasteiger partial charge < -0.3 is 25.6 Å². The number of carbonyl (C=O) groups is 2. The Kier molecular flexibility index (Phi) is 8.19. The van der Waals surface area contributed by atoms with Crippen molar-refractivity contribution in [3.05, 3.63) is 58.1 Å². The third-order valence-electron chi connectivity index (χ3n) is 7.20. The van der Waals surface area contributed by atoms with Gasteiger partial charge in [-0.25, -0.2) is 0 Å². The van der Waals surface area contributed by atoms with Crippen LogP contribution in [0.15, 0.2) is 36.4 Å². The lowest BCUT2D eigenvalue weighted by Crippen LogP contribution is -2.47. The van der Waals surface area contributed by atoms with E-state index in [0.717, 1.165) is 69.5 Å². The van der Waals surface area contributed by atoms with Gasteiger partial charge in [0.2, 0.25) is 0 Å². The standard InChI is InChI=1S/C27H35ClN4O3/c1-18-3-5-20(6-4-18)27(34)32-13-7-19(8-14-32)17-31-11-9-21(10-12-31)30-26(33)22-15-23(28)24(29)16-25(22)35-2/h3-6,15-16,19,21H,7-14,17,29H2,1-2H3,(H,30,33). The number of methoxy groups -OCH3 is 1. The van der Waals surface area contributed by atoms with Crippen LogP contribution < -0.4 is 15.8 Å². The zero-order chi connectivity index (χ0) is 24.9. The van der Waals surface area contributed by atoms with E-state index in [1.54, 1.807) is 12.1 Å². The zero-order valence-corrected chi connectivity index (χ0v) is 21.3. The highest BCUT2D eigenvalue weighted by Gasteiger charge is 2.28. The van der Waals surface area contributed by atoms with E-state index in [1.807, 2.05) is 36.1 Å². The Labute approximate surface area is 212 Å². The molecule has 0 saturated carbocycles. The Morgan fingerprint density at radius 3 is 2.34 bits per heavy atom. The zero-order valence-electron chi connectivity index (χ0n) is 20.6. The van der Waals surface area contributed by atoms with Gasteiger partial charge in [-0.3, -0.25) is 9.59 Å². The van der Waals surface area contributed by atoms with Gasteiger partial charge in [0.05, 0.1) is 23.4 Å². The van der Waals surface area contributed by atoms with Crippen molar-refractivity contribution in [2.45, 2.75) is 38.6 Å². The van der Waals surface area contributed by atoms with Crippen LogP contribution in [-0.2, 0) is 0 Å². The molecule has 7 nitrogen and oxygen atoms in total. The molecule has 0 aliphatic carbocycles. The number of nitrogens with one attached hydrogen (secondary N) is 1. The molecule has 2 aliphatic rings. The van der Waals surface area contributed by atoms with Gasteiger partial charge >= 0.3 is 0 Å². The molecule has 3 N–H and O–H groups in total. The molecule has 0 unspecified atom stereocenters. The average Bonchev–Trinajstić information content (AvgIpc) is 2.87. The van der Waals surface area contributed by atoms with Crippen molar-refractivity contribution in [2.24, 2.45) is 5.92 Å². The first kappa shape index (κ1) is 25.3. The smallest absolute Gasteiger partial charge is 0.255 e. The van der Waals surface area contributed by atoms with Crippen LogP contribution in [0.2, 0.25) is 5.02 Å². The summed E-state index contributed by atoms with van der Waals surface area (Å²) in [6.07, 6.45) is 3.88. The van der Waals surface area contributed by atoms with Crippen molar-refractivity contribution in [3.63, 3.8) is 0 Å². The highest BCUT2D eigenvalue weighted by Crippen LogP contribution is 2.29. The first-order valence-electron chi connectivity index (χ1n) is 12.4. The molecule has 0 spiro atoms. The van der Waals surface area contributed by atoms with E-state index >= 15 is 0 Å². The van der Waals surface area contributed by atoms with E-state index in [1.165, 1.54) is 7.11 Å². The molecule has 0 radical (unpaired) electrons. The van der Waals surface area contributed by atoms with E-state index in [2.05, 4.69) is 10.2 Å². The number of nitrogen functional groups attached to an aromatic ring is 1. The molecule has 2 amide bonds. The maximum atomic E-state index is 12.8. The van der Waals surface area contributed by atoms with Gasteiger partial charge in [-0.1, -0.05) is 29.3 Å². The summed E-state index contributed by atoms with van der Waals surface area (Å²) in [4.78, 5) is 30.1. The summed E-state index contributed by atoms with van der Waals surface area (Å²) in [6, 6.07) is 11.1. The van der Waals surface area contributed by atoms with Crippen LogP contribution in [0.3, 0.4) is 0 Å². The van der Waals surface area contributed by atoms with E-state index in [9.17, 15) is 9.59 Å². The Bertz CT molecular complexity index is 1040. The molecule has 2 aromatic rings. The molecule has 4 rings (SSSR count). The number of piperidine rings is 2. The van der Waals surface area contributed by atoms with E-state index in [0.29, 0.717) is 27.9 Å². The number of hydrogen-bond donors (Lipinski definition) is 2. The molecule has 2 saturated heterocycles. The number of amides is 2. The van der Waals surface area contributed by atoms with Crippen LogP contribution in [0.5, 0.6) is 5.75 Å². The third kappa shape index (κ3) is 6.27. The second-order valence-corrected chi connectivity index (χ2v) is 10.1. The number of rotatable bonds is 6. The summed E-state index contributed by atoms with van der Waals surface area (Å²) in [5, 5.41) is 3.47. The number of nitrogens with zero attached hydrogens (tertiary/aromatic N) is 2. The monoisotopic (exact) mass is 498 g/mol. The summed E-state index contributed by atoms with van der Waals surface area (Å²) in [5.74, 6) is 0.977. The van der Waals surface area contributed by atoms with Crippen LogP contribution in [0, 0.1) is 12.8 Å². The summed E-state index contributed by atoms with van der Waals surface area (Å²) in [7, 11) is 1.51. The Balaban J connectivity index is 1.21. The second kappa shape index (κ2) is 11.3. The molecule has 2 fully saturated rings. The number of ether oxygens (including phenoxy) is 1. The van der Waals surface area contributed by atoms with E-state index in [4.69, 9.17) is 22.1 Å². The number of carbonyl (C=O) groups excluding carboxylic acids is 2. The maximum Gasteiger partial charge on any atom is 0.255 e. The average molecular weight is 499 g/mol. The molecular formula is C27H35ClN4O3. The Morgan fingerprint density at radius 1 is 1.06 bits per heavy atom. The van der Waals surface area contributed by atoms with Gasteiger partial charge in [-0.15, -0.1) is 0 Å². The van der Waals surface area contributed by atoms with E-state index in [-0.39, 0.29) is 17.9 Å². The fraction of sp³-hybridized carbons (Fsp3) is 0.481. The summed E-state index contributed by atoms with van der Waals surface area (Å²) in [5.41, 5.74) is 8.56. The predicted molar refractivity (Wildman–Crippen MR) is 139 cm³/mol. The quantitative estimate of drug-likeness (QED) is 0.588. The molecule has 2 heterocycles. The summed E-state index contributed by atoms with van der Waals surface area (Å²) in [6.45, 7) is 6.62. The van der Waals surface area contributed by atoms with Crippen molar-refractivity contribution < 1.29 is 14.3 Å². The fourth-order valence-corrected chi connectivity index (χ4v) is 5.16. The van der Waals surface area contributed by atoms with Crippen LogP contribution in [-0.4, -0.2) is 67.5 Å². The number of benzene rings is 2. The Hall–Kier alpha value is -2.77. The van der Waals surface area contributed by atoms with E-state index < -0.39 is 0 Å². The topological polar surface area (TPSA) is 87.9 Å². The van der Waals surface area contributed by atoms with Crippen molar-refractivity contribution in [1.29, 1.82) is 0 Å². The maximum absolute atomic E-state index is 12.8. The van der Waals surface area contributed by atoms with Crippen LogP contribution in [0.25, 0.3) is 0 Å². The normalized spacial score (nSPS) is 17.9. The minimum atomic E-state index is -0.187. The Morgan fingerprint density at radius 2 is 1.71 bits per heavy atom. The van der Waals surface area contributed by atoms with Gasteiger partial charge in [-0.05, 0) is 56.7 Å². The molecule has 2 aromatic carbocycles.